The van der Waals surface area contributed by atoms with Crippen molar-refractivity contribution in [3.63, 3.8) is 0 Å². The summed E-state index contributed by atoms with van der Waals surface area (Å²) in [6, 6.07) is 0. The number of ether oxygens (including phenoxy) is 2. The van der Waals surface area contributed by atoms with Crippen molar-refractivity contribution in [1.82, 2.24) is 4.90 Å². The first-order valence-corrected chi connectivity index (χ1v) is 6.22. The van der Waals surface area contributed by atoms with Gasteiger partial charge in [0.15, 0.2) is 0 Å². The zero-order valence-electron chi connectivity index (χ0n) is 10.9. The molecule has 0 bridgehead atoms. The van der Waals surface area contributed by atoms with Crippen LogP contribution >= 0.6 is 0 Å². The van der Waals surface area contributed by atoms with Crippen LogP contribution in [0.4, 0.5) is 0 Å². The molecule has 1 saturated heterocycles. The summed E-state index contributed by atoms with van der Waals surface area (Å²) >= 11 is 0. The third-order valence-electron chi connectivity index (χ3n) is 3.87. The highest BCUT2D eigenvalue weighted by Crippen LogP contribution is 2.29. The van der Waals surface area contributed by atoms with Gasteiger partial charge in [-0.2, -0.15) is 0 Å². The Morgan fingerprint density at radius 3 is 2.81 bits per heavy atom. The second-order valence-electron chi connectivity index (χ2n) is 4.74. The van der Waals surface area contributed by atoms with Crippen molar-refractivity contribution < 1.29 is 9.47 Å². The van der Waals surface area contributed by atoms with Crippen LogP contribution in [0.1, 0.15) is 20.3 Å². The Balaban J connectivity index is 2.48. The van der Waals surface area contributed by atoms with Crippen molar-refractivity contribution in [2.45, 2.75) is 25.8 Å². The minimum Gasteiger partial charge on any atom is -0.381 e. The summed E-state index contributed by atoms with van der Waals surface area (Å²) in [5.41, 5.74) is 5.99. The molecule has 1 rings (SSSR count). The van der Waals surface area contributed by atoms with Crippen molar-refractivity contribution in [3.8, 4) is 0 Å². The van der Waals surface area contributed by atoms with Gasteiger partial charge in [0.2, 0.25) is 0 Å². The van der Waals surface area contributed by atoms with Crippen LogP contribution < -0.4 is 5.73 Å². The van der Waals surface area contributed by atoms with Crippen LogP contribution in [0.5, 0.6) is 0 Å². The fourth-order valence-electron chi connectivity index (χ4n) is 2.26. The fraction of sp³-hybridized carbons (Fsp3) is 1.00. The minimum atomic E-state index is 0.0353. The molecular weight excluding hydrogens is 204 g/mol. The molecule has 1 fully saturated rings. The third-order valence-corrected chi connectivity index (χ3v) is 3.87. The van der Waals surface area contributed by atoms with Crippen molar-refractivity contribution in [1.29, 1.82) is 0 Å². The molecule has 0 aliphatic carbocycles. The molecule has 2 N–H and O–H groups in total. The van der Waals surface area contributed by atoms with Crippen molar-refractivity contribution in [2.75, 3.05) is 46.6 Å². The van der Waals surface area contributed by atoms with Gasteiger partial charge in [-0.25, -0.2) is 0 Å². The molecule has 16 heavy (non-hydrogen) atoms. The fourth-order valence-corrected chi connectivity index (χ4v) is 2.26. The van der Waals surface area contributed by atoms with Gasteiger partial charge in [-0.1, -0.05) is 0 Å². The molecule has 2 unspecified atom stereocenters. The second kappa shape index (κ2) is 6.55. The molecule has 0 spiro atoms. The molecule has 1 aliphatic heterocycles. The van der Waals surface area contributed by atoms with Crippen molar-refractivity contribution in [2.24, 2.45) is 11.7 Å². The van der Waals surface area contributed by atoms with Gasteiger partial charge >= 0.3 is 0 Å². The molecule has 4 nitrogen and oxygen atoms in total. The van der Waals surface area contributed by atoms with Gasteiger partial charge in [0.05, 0.1) is 13.2 Å². The topological polar surface area (TPSA) is 47.7 Å². The van der Waals surface area contributed by atoms with Crippen LogP contribution in [0.25, 0.3) is 0 Å². The Hall–Kier alpha value is -0.160. The lowest BCUT2D eigenvalue weighted by atomic mass is 9.83. The Bertz CT molecular complexity index is 195. The summed E-state index contributed by atoms with van der Waals surface area (Å²) in [5, 5.41) is 0. The molecular formula is C12H26N2O2. The van der Waals surface area contributed by atoms with E-state index in [0.717, 1.165) is 39.4 Å². The zero-order valence-corrected chi connectivity index (χ0v) is 10.9. The van der Waals surface area contributed by atoms with Gasteiger partial charge in [-0.15, -0.1) is 0 Å². The largest absolute Gasteiger partial charge is 0.381 e. The standard InChI is InChI=1S/C12H26N2O2/c1-4-15-8-6-14(3)12(2,10-13)11-5-7-16-9-11/h11H,4-10,13H2,1-3H3. The Kier molecular flexibility index (Phi) is 5.69. The van der Waals surface area contributed by atoms with Crippen molar-refractivity contribution >= 4 is 0 Å². The number of nitrogens with zero attached hydrogens (tertiary/aromatic N) is 1. The van der Waals surface area contributed by atoms with Gasteiger partial charge in [-0.05, 0) is 27.3 Å². The molecule has 0 aromatic carbocycles. The summed E-state index contributed by atoms with van der Waals surface area (Å²) in [5.74, 6) is 0.545. The molecule has 2 atom stereocenters. The van der Waals surface area contributed by atoms with Crippen LogP contribution in [-0.2, 0) is 9.47 Å². The van der Waals surface area contributed by atoms with E-state index in [1.54, 1.807) is 0 Å². The summed E-state index contributed by atoms with van der Waals surface area (Å²) in [7, 11) is 2.13. The average molecular weight is 230 g/mol. The minimum absolute atomic E-state index is 0.0353. The van der Waals surface area contributed by atoms with Gasteiger partial charge in [0, 0.05) is 37.8 Å². The maximum absolute atomic E-state index is 5.95. The molecule has 0 saturated carbocycles. The first-order valence-electron chi connectivity index (χ1n) is 6.22. The van der Waals surface area contributed by atoms with Crippen LogP contribution in [0.15, 0.2) is 0 Å². The molecule has 4 heteroatoms. The maximum Gasteiger partial charge on any atom is 0.0593 e. The SMILES string of the molecule is CCOCCN(C)C(C)(CN)C1CCOC1. The monoisotopic (exact) mass is 230 g/mol. The summed E-state index contributed by atoms with van der Waals surface area (Å²) < 4.78 is 10.9. The lowest BCUT2D eigenvalue weighted by Gasteiger charge is -2.42. The molecule has 0 amide bonds. The lowest BCUT2D eigenvalue weighted by Crippen LogP contribution is -2.56. The molecule has 0 aromatic rings. The first kappa shape index (κ1) is 13.9. The Morgan fingerprint density at radius 1 is 1.56 bits per heavy atom. The summed E-state index contributed by atoms with van der Waals surface area (Å²) in [6.45, 7) is 9.12. The van der Waals surface area contributed by atoms with Crippen LogP contribution in [-0.4, -0.2) is 57.0 Å². The second-order valence-corrected chi connectivity index (χ2v) is 4.74. The van der Waals surface area contributed by atoms with E-state index >= 15 is 0 Å². The highest BCUT2D eigenvalue weighted by molar-refractivity contribution is 4.94. The number of nitrogens with two attached hydrogens (primary N) is 1. The number of hydrogen-bond acceptors (Lipinski definition) is 4. The van der Waals surface area contributed by atoms with E-state index in [-0.39, 0.29) is 5.54 Å². The van der Waals surface area contributed by atoms with Gasteiger partial charge in [-0.3, -0.25) is 4.90 Å². The quantitative estimate of drug-likeness (QED) is 0.654. The number of hydrogen-bond donors (Lipinski definition) is 1. The lowest BCUT2D eigenvalue weighted by molar-refractivity contribution is 0.0372. The average Bonchev–Trinajstić information content (AvgIpc) is 2.82. The van der Waals surface area contributed by atoms with Gasteiger partial charge in [0.25, 0.3) is 0 Å². The van der Waals surface area contributed by atoms with E-state index in [1.807, 2.05) is 6.92 Å². The highest BCUT2D eigenvalue weighted by atomic mass is 16.5. The van der Waals surface area contributed by atoms with E-state index in [4.69, 9.17) is 15.2 Å². The smallest absolute Gasteiger partial charge is 0.0593 e. The van der Waals surface area contributed by atoms with E-state index in [1.165, 1.54) is 0 Å². The zero-order chi connectivity index (χ0) is 12.0. The summed E-state index contributed by atoms with van der Waals surface area (Å²) in [6.07, 6.45) is 1.12. The molecule has 0 aromatic heterocycles. The van der Waals surface area contributed by atoms with Crippen LogP contribution in [0.2, 0.25) is 0 Å². The normalized spacial score (nSPS) is 24.9. The highest BCUT2D eigenvalue weighted by Gasteiger charge is 2.38. The molecule has 96 valence electrons. The molecule has 1 aliphatic rings. The number of likely N-dealkylation sites (N-methyl/N-ethyl adjacent to an activating group) is 1. The molecule has 1 heterocycles. The number of rotatable bonds is 7. The van der Waals surface area contributed by atoms with Gasteiger partial charge < -0.3 is 15.2 Å². The maximum atomic E-state index is 5.95. The first-order chi connectivity index (χ1) is 7.65. The predicted molar refractivity (Wildman–Crippen MR) is 65.5 cm³/mol. The van der Waals surface area contributed by atoms with Gasteiger partial charge in [0.1, 0.15) is 0 Å². The predicted octanol–water partition coefficient (Wildman–Crippen LogP) is 0.709. The van der Waals surface area contributed by atoms with E-state index < -0.39 is 0 Å². The Morgan fingerprint density at radius 2 is 2.31 bits per heavy atom. The summed E-state index contributed by atoms with van der Waals surface area (Å²) in [4.78, 5) is 2.32. The Labute approximate surface area is 99.1 Å². The molecule has 0 radical (unpaired) electrons. The van der Waals surface area contributed by atoms with Crippen LogP contribution in [0, 0.1) is 5.92 Å². The van der Waals surface area contributed by atoms with Crippen LogP contribution in [0.3, 0.4) is 0 Å². The third kappa shape index (κ3) is 3.17. The van der Waals surface area contributed by atoms with Crippen molar-refractivity contribution in [3.05, 3.63) is 0 Å². The van der Waals surface area contributed by atoms with E-state index in [2.05, 4.69) is 18.9 Å². The van der Waals surface area contributed by atoms with E-state index in [9.17, 15) is 0 Å². The van der Waals surface area contributed by atoms with E-state index in [0.29, 0.717) is 12.5 Å².